The first-order chi connectivity index (χ1) is 11.0. The van der Waals surface area contributed by atoms with Crippen LogP contribution in [0.15, 0.2) is 48.5 Å². The van der Waals surface area contributed by atoms with Crippen LogP contribution in [0.5, 0.6) is 5.75 Å². The third kappa shape index (κ3) is 4.32. The van der Waals surface area contributed by atoms with Crippen LogP contribution in [-0.4, -0.2) is 18.9 Å². The van der Waals surface area contributed by atoms with Crippen molar-refractivity contribution >= 4 is 17.5 Å². The molecule has 0 unspecified atom stereocenters. The van der Waals surface area contributed by atoms with E-state index in [1.165, 1.54) is 6.92 Å². The van der Waals surface area contributed by atoms with Gasteiger partial charge in [0, 0.05) is 23.7 Å². The minimum atomic E-state index is -0.212. The van der Waals surface area contributed by atoms with Crippen molar-refractivity contribution in [2.75, 3.05) is 12.4 Å². The fraction of sp³-hybridized carbons (Fsp3) is 0.222. The number of hydrogen-bond donors (Lipinski definition) is 2. The highest BCUT2D eigenvalue weighted by Gasteiger charge is 2.15. The normalized spacial score (nSPS) is 11.4. The minimum Gasteiger partial charge on any atom is -0.496 e. The average Bonchev–Trinajstić information content (AvgIpc) is 2.54. The lowest BCUT2D eigenvalue weighted by atomic mass is 10.1. The van der Waals surface area contributed by atoms with Gasteiger partial charge < -0.3 is 15.4 Å². The van der Waals surface area contributed by atoms with Crippen molar-refractivity contribution in [1.82, 2.24) is 5.32 Å². The number of rotatable bonds is 5. The number of nitrogens with one attached hydrogen (secondary N) is 2. The highest BCUT2D eigenvalue weighted by molar-refractivity contribution is 5.97. The molecule has 0 radical (unpaired) electrons. The van der Waals surface area contributed by atoms with Crippen molar-refractivity contribution in [2.45, 2.75) is 19.9 Å². The van der Waals surface area contributed by atoms with Crippen molar-refractivity contribution in [3.8, 4) is 5.75 Å². The van der Waals surface area contributed by atoms with Gasteiger partial charge in [0.05, 0.1) is 13.2 Å². The maximum Gasteiger partial charge on any atom is 0.251 e. The lowest BCUT2D eigenvalue weighted by Gasteiger charge is -2.17. The fourth-order valence-electron chi connectivity index (χ4n) is 2.32. The number of ether oxygens (including phenoxy) is 1. The van der Waals surface area contributed by atoms with Crippen molar-refractivity contribution in [2.24, 2.45) is 0 Å². The average molecular weight is 312 g/mol. The number of anilines is 1. The van der Waals surface area contributed by atoms with Crippen LogP contribution in [0, 0.1) is 0 Å². The van der Waals surface area contributed by atoms with Crippen LogP contribution >= 0.6 is 0 Å². The molecule has 2 amide bonds. The zero-order valence-electron chi connectivity index (χ0n) is 13.4. The Balaban J connectivity index is 2.13. The van der Waals surface area contributed by atoms with E-state index in [-0.39, 0.29) is 17.9 Å². The van der Waals surface area contributed by atoms with E-state index < -0.39 is 0 Å². The second-order valence-corrected chi connectivity index (χ2v) is 5.20. The third-order valence-electron chi connectivity index (χ3n) is 3.40. The molecule has 0 heterocycles. The smallest absolute Gasteiger partial charge is 0.251 e. The van der Waals surface area contributed by atoms with Crippen LogP contribution in [0.2, 0.25) is 0 Å². The molecule has 0 aliphatic carbocycles. The summed E-state index contributed by atoms with van der Waals surface area (Å²) in [6.45, 7) is 3.32. The number of carbonyl (C=O) groups excluding carboxylic acids is 2. The molecule has 0 aliphatic rings. The maximum absolute atomic E-state index is 12.4. The Morgan fingerprint density at radius 2 is 1.83 bits per heavy atom. The molecule has 0 saturated heterocycles. The molecule has 2 aromatic rings. The summed E-state index contributed by atoms with van der Waals surface area (Å²) in [7, 11) is 1.60. The lowest BCUT2D eigenvalue weighted by Crippen LogP contribution is -2.27. The van der Waals surface area contributed by atoms with Gasteiger partial charge in [-0.15, -0.1) is 0 Å². The second kappa shape index (κ2) is 7.45. The van der Waals surface area contributed by atoms with Gasteiger partial charge in [0.15, 0.2) is 0 Å². The van der Waals surface area contributed by atoms with E-state index >= 15 is 0 Å². The van der Waals surface area contributed by atoms with Gasteiger partial charge >= 0.3 is 0 Å². The van der Waals surface area contributed by atoms with E-state index in [1.54, 1.807) is 31.4 Å². The topological polar surface area (TPSA) is 67.4 Å². The van der Waals surface area contributed by atoms with Gasteiger partial charge in [-0.3, -0.25) is 9.59 Å². The zero-order chi connectivity index (χ0) is 16.8. The van der Waals surface area contributed by atoms with Crippen LogP contribution < -0.4 is 15.4 Å². The number of methoxy groups -OCH3 is 1. The van der Waals surface area contributed by atoms with Crippen molar-refractivity contribution < 1.29 is 14.3 Å². The number of para-hydroxylation sites is 1. The van der Waals surface area contributed by atoms with E-state index in [0.717, 1.165) is 11.3 Å². The summed E-state index contributed by atoms with van der Waals surface area (Å²) >= 11 is 0. The van der Waals surface area contributed by atoms with Crippen molar-refractivity contribution in [3.05, 3.63) is 59.7 Å². The van der Waals surface area contributed by atoms with Crippen molar-refractivity contribution in [1.29, 1.82) is 0 Å². The molecule has 5 nitrogen and oxygen atoms in total. The Bertz CT molecular complexity index is 713. The molecule has 2 aromatic carbocycles. The summed E-state index contributed by atoms with van der Waals surface area (Å²) in [6.07, 6.45) is 0. The molecule has 0 fully saturated rings. The van der Waals surface area contributed by atoms with Gasteiger partial charge in [-0.2, -0.15) is 0 Å². The first-order valence-electron chi connectivity index (χ1n) is 7.32. The Hall–Kier alpha value is -2.82. The maximum atomic E-state index is 12.4. The Kier molecular flexibility index (Phi) is 5.36. The molecule has 23 heavy (non-hydrogen) atoms. The molecular formula is C18H20N2O3. The van der Waals surface area contributed by atoms with E-state index in [0.29, 0.717) is 11.3 Å². The fourth-order valence-corrected chi connectivity index (χ4v) is 2.32. The number of amides is 2. The summed E-state index contributed by atoms with van der Waals surface area (Å²) in [5.74, 6) is 0.341. The van der Waals surface area contributed by atoms with Gasteiger partial charge in [0.2, 0.25) is 5.91 Å². The molecule has 0 bridgehead atoms. The summed E-state index contributed by atoms with van der Waals surface area (Å²) < 4.78 is 5.32. The second-order valence-electron chi connectivity index (χ2n) is 5.20. The summed E-state index contributed by atoms with van der Waals surface area (Å²) in [4.78, 5) is 23.5. The van der Waals surface area contributed by atoms with Crippen molar-refractivity contribution in [3.63, 3.8) is 0 Å². The molecule has 5 heteroatoms. The van der Waals surface area contributed by atoms with Gasteiger partial charge in [0.1, 0.15) is 5.75 Å². The minimum absolute atomic E-state index is 0.176. The number of hydrogen-bond acceptors (Lipinski definition) is 3. The molecule has 2 rings (SSSR count). The molecule has 0 spiro atoms. The quantitative estimate of drug-likeness (QED) is 0.891. The Labute approximate surface area is 135 Å². The van der Waals surface area contributed by atoms with Gasteiger partial charge in [-0.05, 0) is 31.2 Å². The van der Waals surface area contributed by atoms with Crippen LogP contribution in [0.3, 0.4) is 0 Å². The lowest BCUT2D eigenvalue weighted by molar-refractivity contribution is -0.114. The molecule has 120 valence electrons. The molecule has 0 saturated carbocycles. The van der Waals surface area contributed by atoms with E-state index in [4.69, 9.17) is 4.74 Å². The highest BCUT2D eigenvalue weighted by atomic mass is 16.5. The first kappa shape index (κ1) is 16.5. The predicted molar refractivity (Wildman–Crippen MR) is 89.6 cm³/mol. The zero-order valence-corrected chi connectivity index (χ0v) is 13.4. The molecule has 0 aromatic heterocycles. The standard InChI is InChI=1S/C18H20N2O3/c1-12(16-9-4-5-10-17(16)23-3)19-18(22)14-7-6-8-15(11-14)20-13(2)21/h4-12H,1-3H3,(H,19,22)(H,20,21)/t12-/m0/s1. The number of carbonyl (C=O) groups is 2. The van der Waals surface area contributed by atoms with Crippen LogP contribution in [0.25, 0.3) is 0 Å². The SMILES string of the molecule is COc1ccccc1[C@H](C)NC(=O)c1cccc(NC(C)=O)c1. The van der Waals surface area contributed by atoms with Gasteiger partial charge in [-0.1, -0.05) is 24.3 Å². The molecular weight excluding hydrogens is 292 g/mol. The molecule has 1 atom stereocenters. The Morgan fingerprint density at radius 1 is 1.09 bits per heavy atom. The monoisotopic (exact) mass is 312 g/mol. The van der Waals surface area contributed by atoms with E-state index in [1.807, 2.05) is 31.2 Å². The van der Waals surface area contributed by atoms with Crippen LogP contribution in [0.1, 0.15) is 35.8 Å². The molecule has 2 N–H and O–H groups in total. The van der Waals surface area contributed by atoms with Crippen LogP contribution in [0.4, 0.5) is 5.69 Å². The first-order valence-corrected chi connectivity index (χ1v) is 7.32. The predicted octanol–water partition coefficient (Wildman–Crippen LogP) is 3.14. The van der Waals surface area contributed by atoms with Crippen LogP contribution in [-0.2, 0) is 4.79 Å². The summed E-state index contributed by atoms with van der Waals surface area (Å²) in [5, 5.41) is 5.60. The summed E-state index contributed by atoms with van der Waals surface area (Å²) in [5.41, 5.74) is 1.98. The van der Waals surface area contributed by atoms with Gasteiger partial charge in [0.25, 0.3) is 5.91 Å². The van der Waals surface area contributed by atoms with E-state index in [2.05, 4.69) is 10.6 Å². The highest BCUT2D eigenvalue weighted by Crippen LogP contribution is 2.24. The Morgan fingerprint density at radius 3 is 2.52 bits per heavy atom. The van der Waals surface area contributed by atoms with E-state index in [9.17, 15) is 9.59 Å². The largest absolute Gasteiger partial charge is 0.496 e. The number of benzene rings is 2. The molecule has 0 aliphatic heterocycles. The summed E-state index contributed by atoms with van der Waals surface area (Å²) in [6, 6.07) is 14.2. The third-order valence-corrected chi connectivity index (χ3v) is 3.40. The van der Waals surface area contributed by atoms with Gasteiger partial charge in [-0.25, -0.2) is 0 Å².